The number of hydrogen-bond donors (Lipinski definition) is 0. The van der Waals surface area contributed by atoms with Crippen LogP contribution in [0.25, 0.3) is 16.2 Å². The smallest absolute Gasteiger partial charge is 0.410 e. The summed E-state index contributed by atoms with van der Waals surface area (Å²) in [5.74, 6) is -0.281. The zero-order valence-electron chi connectivity index (χ0n) is 18.2. The van der Waals surface area contributed by atoms with Crippen molar-refractivity contribution in [1.29, 1.82) is 0 Å². The topological polar surface area (TPSA) is 91.3 Å². The molecule has 0 N–H and O–H groups in total. The number of aromatic nitrogens is 2. The molecule has 2 aromatic rings. The third kappa shape index (κ3) is 4.59. The van der Waals surface area contributed by atoms with E-state index in [0.717, 1.165) is 6.07 Å². The summed E-state index contributed by atoms with van der Waals surface area (Å²) in [5.41, 5.74) is 0.353. The molecule has 10 heteroatoms. The average molecular weight is 444 g/mol. The lowest BCUT2D eigenvalue weighted by molar-refractivity contribution is -0.167. The van der Waals surface area contributed by atoms with Crippen LogP contribution in [0, 0.1) is 24.2 Å². The van der Waals surface area contributed by atoms with Crippen LogP contribution >= 0.6 is 0 Å². The first-order valence-electron chi connectivity index (χ1n) is 10.6. The van der Waals surface area contributed by atoms with Gasteiger partial charge in [0.25, 0.3) is 5.89 Å². The van der Waals surface area contributed by atoms with E-state index in [2.05, 4.69) is 15.0 Å². The van der Waals surface area contributed by atoms with Crippen LogP contribution in [0.2, 0.25) is 0 Å². The number of benzene rings is 1. The third-order valence-electron chi connectivity index (χ3n) is 5.57. The highest BCUT2D eigenvalue weighted by atomic mass is 19.1. The number of fused-ring (bicyclic) bond motifs is 2. The van der Waals surface area contributed by atoms with Gasteiger partial charge in [0.05, 0.1) is 37.6 Å². The normalized spacial score (nSPS) is 23.6. The molecule has 2 unspecified atom stereocenters. The number of ether oxygens (including phenoxy) is 3. The molecule has 2 bridgehead atoms. The Labute approximate surface area is 185 Å². The molecule has 170 valence electrons. The van der Waals surface area contributed by atoms with Gasteiger partial charge in [0.2, 0.25) is 5.82 Å². The number of likely N-dealkylation sites (tertiary alicyclic amines) is 1. The number of halogens is 1. The van der Waals surface area contributed by atoms with Gasteiger partial charge in [0, 0.05) is 24.9 Å². The van der Waals surface area contributed by atoms with E-state index in [-0.39, 0.29) is 53.1 Å². The van der Waals surface area contributed by atoms with Crippen LogP contribution in [-0.4, -0.2) is 59.6 Å². The van der Waals surface area contributed by atoms with Gasteiger partial charge in [-0.15, -0.1) is 0 Å². The van der Waals surface area contributed by atoms with Crippen molar-refractivity contribution in [2.24, 2.45) is 11.8 Å². The summed E-state index contributed by atoms with van der Waals surface area (Å²) in [6.45, 7) is 14.3. The maximum absolute atomic E-state index is 14.3. The predicted octanol–water partition coefficient (Wildman–Crippen LogP) is 4.00. The zero-order valence-corrected chi connectivity index (χ0v) is 18.2. The molecule has 3 heterocycles. The SMILES string of the molecule is [C-]#[N+]c1ccc(-c2noc([C@@H](C)OC3C4COCC3CN(C(=O)OC(C)C)C4)n2)c(F)c1. The van der Waals surface area contributed by atoms with E-state index < -0.39 is 11.9 Å². The molecule has 1 aromatic heterocycles. The van der Waals surface area contributed by atoms with Gasteiger partial charge < -0.3 is 23.6 Å². The molecule has 2 fully saturated rings. The zero-order chi connectivity index (χ0) is 22.8. The quantitative estimate of drug-likeness (QED) is 0.644. The Hall–Kier alpha value is -3.03. The molecular formula is C22H25FN4O5. The molecule has 2 aliphatic heterocycles. The summed E-state index contributed by atoms with van der Waals surface area (Å²) >= 11 is 0. The molecular weight excluding hydrogens is 419 g/mol. The number of amides is 1. The van der Waals surface area contributed by atoms with Gasteiger partial charge >= 0.3 is 6.09 Å². The fraction of sp³-hybridized carbons (Fsp3) is 0.545. The first-order chi connectivity index (χ1) is 15.4. The molecule has 3 atom stereocenters. The van der Waals surface area contributed by atoms with Crippen molar-refractivity contribution in [3.8, 4) is 11.4 Å². The Morgan fingerprint density at radius 2 is 2.00 bits per heavy atom. The van der Waals surface area contributed by atoms with Crippen molar-refractivity contribution >= 4 is 11.8 Å². The number of piperidine rings is 1. The van der Waals surface area contributed by atoms with Crippen LogP contribution in [0.4, 0.5) is 14.9 Å². The average Bonchev–Trinajstić information content (AvgIpc) is 3.23. The molecule has 2 saturated heterocycles. The highest BCUT2D eigenvalue weighted by Gasteiger charge is 2.44. The highest BCUT2D eigenvalue weighted by molar-refractivity contribution is 5.68. The van der Waals surface area contributed by atoms with E-state index >= 15 is 0 Å². The Kier molecular flexibility index (Phi) is 6.39. The van der Waals surface area contributed by atoms with Gasteiger partial charge in [-0.2, -0.15) is 4.98 Å². The second kappa shape index (κ2) is 9.22. The van der Waals surface area contributed by atoms with Gasteiger partial charge in [0.15, 0.2) is 5.69 Å². The maximum Gasteiger partial charge on any atom is 0.410 e. The molecule has 9 nitrogen and oxygen atoms in total. The van der Waals surface area contributed by atoms with E-state index in [1.165, 1.54) is 12.1 Å². The Morgan fingerprint density at radius 1 is 1.28 bits per heavy atom. The minimum Gasteiger partial charge on any atom is -0.447 e. The molecule has 1 aromatic carbocycles. The predicted molar refractivity (Wildman–Crippen MR) is 110 cm³/mol. The Morgan fingerprint density at radius 3 is 2.62 bits per heavy atom. The van der Waals surface area contributed by atoms with Gasteiger partial charge in [-0.1, -0.05) is 17.3 Å². The van der Waals surface area contributed by atoms with Gasteiger partial charge in [0.1, 0.15) is 11.9 Å². The molecule has 2 aliphatic rings. The summed E-state index contributed by atoms with van der Waals surface area (Å²) in [7, 11) is 0. The maximum atomic E-state index is 14.3. The van der Waals surface area contributed by atoms with Crippen molar-refractivity contribution in [3.63, 3.8) is 0 Å². The summed E-state index contributed by atoms with van der Waals surface area (Å²) in [4.78, 5) is 21.5. The van der Waals surface area contributed by atoms with E-state index in [9.17, 15) is 9.18 Å². The van der Waals surface area contributed by atoms with E-state index in [0.29, 0.717) is 26.3 Å². The van der Waals surface area contributed by atoms with E-state index in [1.807, 2.05) is 13.8 Å². The van der Waals surface area contributed by atoms with Crippen molar-refractivity contribution in [3.05, 3.63) is 41.3 Å². The molecule has 0 spiro atoms. The van der Waals surface area contributed by atoms with Crippen LogP contribution in [0.5, 0.6) is 0 Å². The first kappa shape index (κ1) is 22.2. The van der Waals surface area contributed by atoms with Crippen LogP contribution in [0.1, 0.15) is 32.8 Å². The monoisotopic (exact) mass is 444 g/mol. The lowest BCUT2D eigenvalue weighted by Crippen LogP contribution is -2.58. The number of rotatable bonds is 5. The van der Waals surface area contributed by atoms with Crippen molar-refractivity contribution < 1.29 is 27.9 Å². The summed E-state index contributed by atoms with van der Waals surface area (Å²) in [6.07, 6.45) is -1.17. The molecule has 32 heavy (non-hydrogen) atoms. The van der Waals surface area contributed by atoms with Crippen molar-refractivity contribution in [2.45, 2.75) is 39.1 Å². The molecule has 4 rings (SSSR count). The fourth-order valence-electron chi connectivity index (χ4n) is 4.11. The van der Waals surface area contributed by atoms with Crippen LogP contribution in [-0.2, 0) is 14.2 Å². The number of carbonyl (C=O) groups excluding carboxylic acids is 1. The summed E-state index contributed by atoms with van der Waals surface area (Å²) in [6, 6.07) is 4.09. The molecule has 0 saturated carbocycles. The fourth-order valence-corrected chi connectivity index (χ4v) is 4.11. The standard InChI is InChI=1S/C22H25FN4O5/c1-12(2)30-22(28)27-8-14-10-29-11-15(9-27)19(14)31-13(3)21-25-20(26-32-21)17-6-5-16(24-4)7-18(17)23/h5-7,12-15,19H,8-11H2,1-3H3/t13-,14?,15?,19?/m1/s1. The Bertz CT molecular complexity index is 1010. The minimum absolute atomic E-state index is 0.00864. The van der Waals surface area contributed by atoms with Gasteiger partial charge in [-0.25, -0.2) is 14.0 Å². The van der Waals surface area contributed by atoms with Crippen LogP contribution in [0.3, 0.4) is 0 Å². The van der Waals surface area contributed by atoms with Crippen LogP contribution in [0.15, 0.2) is 22.7 Å². The Balaban J connectivity index is 1.44. The van der Waals surface area contributed by atoms with Crippen molar-refractivity contribution in [1.82, 2.24) is 15.0 Å². The van der Waals surface area contributed by atoms with E-state index in [4.69, 9.17) is 25.3 Å². The second-order valence-electron chi connectivity index (χ2n) is 8.37. The summed E-state index contributed by atoms with van der Waals surface area (Å²) < 4.78 is 36.9. The number of hydrogen-bond acceptors (Lipinski definition) is 7. The largest absolute Gasteiger partial charge is 0.447 e. The van der Waals surface area contributed by atoms with Gasteiger partial charge in [-0.05, 0) is 26.8 Å². The highest BCUT2D eigenvalue weighted by Crippen LogP contribution is 2.34. The molecule has 0 aliphatic carbocycles. The molecule has 1 amide bonds. The number of carbonyl (C=O) groups is 1. The first-order valence-corrected chi connectivity index (χ1v) is 10.6. The summed E-state index contributed by atoms with van der Waals surface area (Å²) in [5, 5.41) is 3.87. The second-order valence-corrected chi connectivity index (χ2v) is 8.37. The third-order valence-corrected chi connectivity index (χ3v) is 5.57. The van der Waals surface area contributed by atoms with Gasteiger partial charge in [-0.3, -0.25) is 0 Å². The van der Waals surface area contributed by atoms with Crippen LogP contribution < -0.4 is 0 Å². The number of nitrogens with zero attached hydrogens (tertiary/aromatic N) is 4. The minimum atomic E-state index is -0.591. The lowest BCUT2D eigenvalue weighted by Gasteiger charge is -2.46. The van der Waals surface area contributed by atoms with E-state index in [1.54, 1.807) is 11.8 Å². The molecule has 0 radical (unpaired) electrons. The van der Waals surface area contributed by atoms with Crippen molar-refractivity contribution in [2.75, 3.05) is 26.3 Å². The lowest BCUT2D eigenvalue weighted by atomic mass is 9.84.